The predicted molar refractivity (Wildman–Crippen MR) is 81.4 cm³/mol. The number of nitrogens with one attached hydrogen (secondary N) is 1. The van der Waals surface area contributed by atoms with Crippen LogP contribution in [-0.2, 0) is 0 Å². The van der Waals surface area contributed by atoms with Gasteiger partial charge in [0.15, 0.2) is 0 Å². The molecule has 3 rings (SSSR count). The van der Waals surface area contributed by atoms with Gasteiger partial charge < -0.3 is 5.32 Å². The fourth-order valence-electron chi connectivity index (χ4n) is 4.99. The van der Waals surface area contributed by atoms with Crippen molar-refractivity contribution in [2.75, 3.05) is 20.1 Å². The van der Waals surface area contributed by atoms with Gasteiger partial charge in [-0.2, -0.15) is 0 Å². The molecule has 0 aromatic rings. The molecule has 0 spiro atoms. The summed E-state index contributed by atoms with van der Waals surface area (Å²) >= 11 is 0. The van der Waals surface area contributed by atoms with Crippen molar-refractivity contribution in [2.45, 2.75) is 76.3 Å². The molecule has 4 unspecified atom stereocenters. The highest BCUT2D eigenvalue weighted by Crippen LogP contribution is 2.37. The van der Waals surface area contributed by atoms with Crippen molar-refractivity contribution in [1.29, 1.82) is 0 Å². The molecule has 3 aliphatic rings. The zero-order valence-electron chi connectivity index (χ0n) is 12.7. The van der Waals surface area contributed by atoms with Crippen LogP contribution in [0.1, 0.15) is 64.2 Å². The molecule has 1 N–H and O–H groups in total. The van der Waals surface area contributed by atoms with Gasteiger partial charge in [0.1, 0.15) is 0 Å². The Morgan fingerprint density at radius 2 is 1.53 bits per heavy atom. The van der Waals surface area contributed by atoms with Crippen molar-refractivity contribution < 1.29 is 0 Å². The Morgan fingerprint density at radius 1 is 0.789 bits per heavy atom. The van der Waals surface area contributed by atoms with Gasteiger partial charge in [-0.05, 0) is 51.1 Å². The van der Waals surface area contributed by atoms with E-state index in [4.69, 9.17) is 0 Å². The number of hydrogen-bond donors (Lipinski definition) is 1. The van der Waals surface area contributed by atoms with Crippen LogP contribution in [-0.4, -0.2) is 37.1 Å². The number of rotatable bonds is 2. The lowest BCUT2D eigenvalue weighted by atomic mass is 9.74. The lowest BCUT2D eigenvalue weighted by molar-refractivity contribution is 0.0418. The molecular formula is C17H32N2. The lowest BCUT2D eigenvalue weighted by Crippen LogP contribution is -2.53. The molecule has 0 radical (unpaired) electrons. The summed E-state index contributed by atoms with van der Waals surface area (Å²) < 4.78 is 0. The molecule has 2 heteroatoms. The Morgan fingerprint density at radius 3 is 2.37 bits per heavy atom. The highest BCUT2D eigenvalue weighted by molar-refractivity contribution is 4.91. The van der Waals surface area contributed by atoms with Crippen molar-refractivity contribution in [3.63, 3.8) is 0 Å². The van der Waals surface area contributed by atoms with Gasteiger partial charge in [-0.25, -0.2) is 0 Å². The van der Waals surface area contributed by atoms with E-state index < -0.39 is 0 Å². The highest BCUT2D eigenvalue weighted by atomic mass is 15.2. The van der Waals surface area contributed by atoms with Crippen LogP contribution in [0.5, 0.6) is 0 Å². The van der Waals surface area contributed by atoms with E-state index in [2.05, 4.69) is 17.3 Å². The van der Waals surface area contributed by atoms with Crippen LogP contribution in [0.15, 0.2) is 0 Å². The Labute approximate surface area is 119 Å². The van der Waals surface area contributed by atoms with Gasteiger partial charge in [0.2, 0.25) is 0 Å². The van der Waals surface area contributed by atoms with E-state index in [1.807, 2.05) is 0 Å². The van der Waals surface area contributed by atoms with Crippen LogP contribution >= 0.6 is 0 Å². The van der Waals surface area contributed by atoms with E-state index in [1.54, 1.807) is 0 Å². The molecule has 2 aliphatic carbocycles. The Kier molecular flexibility index (Phi) is 4.81. The third-order valence-corrected chi connectivity index (χ3v) is 6.14. The van der Waals surface area contributed by atoms with Gasteiger partial charge in [-0.3, -0.25) is 4.90 Å². The monoisotopic (exact) mass is 264 g/mol. The summed E-state index contributed by atoms with van der Waals surface area (Å²) in [6.07, 6.45) is 14.7. The first kappa shape index (κ1) is 13.9. The minimum Gasteiger partial charge on any atom is -0.315 e. The second kappa shape index (κ2) is 6.58. The van der Waals surface area contributed by atoms with Crippen LogP contribution < -0.4 is 5.32 Å². The summed E-state index contributed by atoms with van der Waals surface area (Å²) in [5, 5.41) is 3.62. The molecule has 110 valence electrons. The maximum Gasteiger partial charge on any atom is 0.0249 e. The summed E-state index contributed by atoms with van der Waals surface area (Å²) in [6, 6.07) is 1.58. The molecule has 0 aromatic carbocycles. The maximum absolute atomic E-state index is 3.62. The number of likely N-dealkylation sites (tertiary alicyclic amines) is 1. The van der Waals surface area contributed by atoms with Crippen LogP contribution in [0.3, 0.4) is 0 Å². The van der Waals surface area contributed by atoms with Crippen molar-refractivity contribution in [3.05, 3.63) is 0 Å². The second-order valence-corrected chi connectivity index (χ2v) is 7.19. The molecular weight excluding hydrogens is 232 g/mol. The van der Waals surface area contributed by atoms with E-state index in [0.29, 0.717) is 0 Å². The molecule has 0 aromatic heterocycles. The fraction of sp³-hybridized carbons (Fsp3) is 1.00. The molecule has 1 heterocycles. The highest BCUT2D eigenvalue weighted by Gasteiger charge is 2.36. The van der Waals surface area contributed by atoms with E-state index in [-0.39, 0.29) is 0 Å². The number of hydrogen-bond acceptors (Lipinski definition) is 2. The Balaban J connectivity index is 1.63. The third-order valence-electron chi connectivity index (χ3n) is 6.14. The lowest BCUT2D eigenvalue weighted by Gasteiger charge is -2.46. The molecule has 1 saturated heterocycles. The van der Waals surface area contributed by atoms with Gasteiger partial charge in [-0.15, -0.1) is 0 Å². The Hall–Kier alpha value is -0.0800. The first-order valence-corrected chi connectivity index (χ1v) is 8.80. The summed E-state index contributed by atoms with van der Waals surface area (Å²) in [6.45, 7) is 2.79. The van der Waals surface area contributed by atoms with Crippen molar-refractivity contribution >= 4 is 0 Å². The predicted octanol–water partition coefficient (Wildman–Crippen LogP) is 3.42. The summed E-state index contributed by atoms with van der Waals surface area (Å²) in [4.78, 5) is 2.87. The van der Waals surface area contributed by atoms with E-state index >= 15 is 0 Å². The number of nitrogens with zero attached hydrogens (tertiary/aromatic N) is 1. The molecule has 2 nitrogen and oxygen atoms in total. The quantitative estimate of drug-likeness (QED) is 0.769. The topological polar surface area (TPSA) is 15.3 Å². The van der Waals surface area contributed by atoms with Crippen LogP contribution in [0.2, 0.25) is 0 Å². The smallest absolute Gasteiger partial charge is 0.0249 e. The van der Waals surface area contributed by atoms with Crippen molar-refractivity contribution in [1.82, 2.24) is 10.2 Å². The standard InChI is InChI=1S/C17H32N2/c1-18-16-9-3-2-4-10-17(16)19-12-11-14-7-5-6-8-15(14)13-19/h14-18H,2-13H2,1H3. The van der Waals surface area contributed by atoms with Crippen LogP contribution in [0.4, 0.5) is 0 Å². The normalized spacial score (nSPS) is 41.5. The summed E-state index contributed by atoms with van der Waals surface area (Å²) in [5.74, 6) is 2.10. The zero-order valence-corrected chi connectivity index (χ0v) is 12.7. The van der Waals surface area contributed by atoms with Crippen LogP contribution in [0, 0.1) is 11.8 Å². The largest absolute Gasteiger partial charge is 0.315 e. The molecule has 0 bridgehead atoms. The average Bonchev–Trinajstić information content (AvgIpc) is 2.72. The number of likely N-dealkylation sites (N-methyl/N-ethyl adjacent to an activating group) is 1. The molecule has 4 atom stereocenters. The first-order chi connectivity index (χ1) is 9.38. The van der Waals surface area contributed by atoms with Gasteiger partial charge in [0.05, 0.1) is 0 Å². The summed E-state index contributed by atoms with van der Waals surface area (Å²) in [7, 11) is 2.18. The third kappa shape index (κ3) is 3.16. The van der Waals surface area contributed by atoms with Gasteiger partial charge >= 0.3 is 0 Å². The number of fused-ring (bicyclic) bond motifs is 1. The maximum atomic E-state index is 3.62. The molecule has 19 heavy (non-hydrogen) atoms. The molecule has 0 amide bonds. The summed E-state index contributed by atoms with van der Waals surface area (Å²) in [5.41, 5.74) is 0. The van der Waals surface area contributed by atoms with E-state index in [0.717, 1.165) is 23.9 Å². The van der Waals surface area contributed by atoms with Gasteiger partial charge in [-0.1, -0.05) is 38.5 Å². The first-order valence-electron chi connectivity index (χ1n) is 8.80. The number of piperidine rings is 1. The average molecular weight is 264 g/mol. The fourth-order valence-corrected chi connectivity index (χ4v) is 4.99. The van der Waals surface area contributed by atoms with Crippen LogP contribution in [0.25, 0.3) is 0 Å². The minimum atomic E-state index is 0.752. The van der Waals surface area contributed by atoms with Crippen molar-refractivity contribution in [3.8, 4) is 0 Å². The minimum absolute atomic E-state index is 0.752. The van der Waals surface area contributed by atoms with Crippen molar-refractivity contribution in [2.24, 2.45) is 11.8 Å². The SMILES string of the molecule is CNC1CCCCCC1N1CCC2CCCCC2C1. The van der Waals surface area contributed by atoms with Gasteiger partial charge in [0.25, 0.3) is 0 Å². The van der Waals surface area contributed by atoms with Gasteiger partial charge in [0, 0.05) is 18.6 Å². The zero-order chi connectivity index (χ0) is 13.1. The Bertz CT molecular complexity index is 278. The van der Waals surface area contributed by atoms with E-state index in [1.165, 1.54) is 77.3 Å². The molecule has 1 aliphatic heterocycles. The molecule has 3 fully saturated rings. The second-order valence-electron chi connectivity index (χ2n) is 7.19. The van der Waals surface area contributed by atoms with E-state index in [9.17, 15) is 0 Å². The molecule has 2 saturated carbocycles.